The van der Waals surface area contributed by atoms with E-state index >= 15 is 0 Å². The second kappa shape index (κ2) is 12.7. The van der Waals surface area contributed by atoms with Gasteiger partial charge in [0.1, 0.15) is 18.1 Å². The zero-order chi connectivity index (χ0) is 37.7. The predicted octanol–water partition coefficient (Wildman–Crippen LogP) is 3.92. The topological polar surface area (TPSA) is 163 Å². The predicted molar refractivity (Wildman–Crippen MR) is 198 cm³/mol. The Morgan fingerprint density at radius 2 is 1.62 bits per heavy atom. The van der Waals surface area contributed by atoms with Gasteiger partial charge in [-0.3, -0.25) is 19.2 Å². The van der Waals surface area contributed by atoms with Crippen molar-refractivity contribution in [3.05, 3.63) is 11.3 Å². The van der Waals surface area contributed by atoms with E-state index in [2.05, 4.69) is 29.8 Å². The lowest BCUT2D eigenvalue weighted by Crippen LogP contribution is -2.62. The number of nitrogens with zero attached hydrogens (tertiary/aromatic N) is 2. The highest BCUT2D eigenvalue weighted by Crippen LogP contribution is 2.88. The number of urea groups is 1. The van der Waals surface area contributed by atoms with Crippen LogP contribution in [-0.2, 0) is 23.9 Å². The Hall–Kier alpha value is -3.15. The van der Waals surface area contributed by atoms with Crippen LogP contribution in [0, 0.1) is 33.5 Å². The van der Waals surface area contributed by atoms with Crippen LogP contribution < -0.4 is 21.7 Å². The largest absolute Gasteiger partial charge is 0.396 e. The molecule has 12 heteroatoms. The standard InChI is InChI=1S/C41H62N6O6/c1-37(2,3)32(45-36(52)44-30(24-10-7-6-8-11-24)34(50)46-18-19-53-39(22-46)16-17-39)35(51)47-23-41(38(4,5)40(41)14-9-15-40)21-28(47)33(49)43-27-20-25-12-13-26(25)29(42)31(27)48/h24-25,27-28,30,32H,6-23,42H2,1-5H3,(H,43,49)(H2,44,45,52)/t25?,27?,28-,30-,32?,41+/m0/s1. The van der Waals surface area contributed by atoms with Crippen LogP contribution in [0.1, 0.15) is 125 Å². The molecule has 3 unspecified atom stereocenters. The Morgan fingerprint density at radius 3 is 2.21 bits per heavy atom. The highest BCUT2D eigenvalue weighted by Gasteiger charge is 2.85. The zero-order valence-corrected chi connectivity index (χ0v) is 32.6. The first-order chi connectivity index (χ1) is 25.0. The number of ketones is 1. The second-order valence-electron chi connectivity index (χ2n) is 19.7. The molecule has 6 atom stereocenters. The van der Waals surface area contributed by atoms with Crippen LogP contribution >= 0.6 is 0 Å². The van der Waals surface area contributed by atoms with Crippen LogP contribution in [0.3, 0.4) is 0 Å². The molecule has 0 aromatic rings. The molecule has 12 nitrogen and oxygen atoms in total. The Labute approximate surface area is 314 Å². The van der Waals surface area contributed by atoms with Crippen LogP contribution in [0.2, 0.25) is 0 Å². The fourth-order valence-corrected chi connectivity index (χ4v) is 11.9. The van der Waals surface area contributed by atoms with Crippen LogP contribution in [-0.4, -0.2) is 95.3 Å². The average molecular weight is 735 g/mol. The number of carbonyl (C=O) groups is 5. The van der Waals surface area contributed by atoms with Gasteiger partial charge in [0.15, 0.2) is 0 Å². The summed E-state index contributed by atoms with van der Waals surface area (Å²) >= 11 is 0. The molecule has 8 aliphatic rings. The molecular formula is C41H62N6O6. The summed E-state index contributed by atoms with van der Waals surface area (Å²) in [5, 5.41) is 9.17. The number of hydrogen-bond donors (Lipinski definition) is 4. The molecule has 8 rings (SSSR count). The number of nitrogens with two attached hydrogens (primary N) is 1. The lowest BCUT2D eigenvalue weighted by Gasteiger charge is -2.40. The normalized spacial score (nSPS) is 33.5. The number of ether oxygens (including phenoxy) is 1. The quantitative estimate of drug-likeness (QED) is 0.308. The van der Waals surface area contributed by atoms with Gasteiger partial charge in [-0.15, -0.1) is 0 Å². The van der Waals surface area contributed by atoms with E-state index in [1.807, 2.05) is 25.7 Å². The van der Waals surface area contributed by atoms with Crippen molar-refractivity contribution in [2.75, 3.05) is 26.2 Å². The molecule has 0 aromatic heterocycles. The molecule has 2 heterocycles. The number of allylic oxidation sites excluding steroid dienone is 1. The Bertz CT molecular complexity index is 1600. The number of amides is 5. The van der Waals surface area contributed by atoms with Gasteiger partial charge in [0.2, 0.25) is 23.5 Å². The second-order valence-corrected chi connectivity index (χ2v) is 19.7. The molecule has 5 saturated carbocycles. The summed E-state index contributed by atoms with van der Waals surface area (Å²) in [7, 11) is 0. The molecule has 2 aliphatic heterocycles. The molecular weight excluding hydrogens is 672 g/mol. The van der Waals surface area contributed by atoms with Crippen LogP contribution in [0.15, 0.2) is 11.3 Å². The summed E-state index contributed by atoms with van der Waals surface area (Å²) in [4.78, 5) is 74.4. The van der Waals surface area contributed by atoms with Gasteiger partial charge >= 0.3 is 6.03 Å². The molecule has 5 amide bonds. The van der Waals surface area contributed by atoms with Gasteiger partial charge in [0.05, 0.1) is 23.9 Å². The highest BCUT2D eigenvalue weighted by molar-refractivity contribution is 6.03. The highest BCUT2D eigenvalue weighted by atomic mass is 16.5. The molecule has 7 fully saturated rings. The molecule has 292 valence electrons. The van der Waals surface area contributed by atoms with Crippen molar-refractivity contribution < 1.29 is 28.7 Å². The maximum absolute atomic E-state index is 15.0. The number of hydrogen-bond acceptors (Lipinski definition) is 7. The minimum absolute atomic E-state index is 0.0217. The van der Waals surface area contributed by atoms with Crippen LogP contribution in [0.4, 0.5) is 4.79 Å². The fourth-order valence-electron chi connectivity index (χ4n) is 11.9. The molecule has 0 radical (unpaired) electrons. The third-order valence-corrected chi connectivity index (χ3v) is 15.8. The molecule has 2 saturated heterocycles. The first-order valence-electron chi connectivity index (χ1n) is 20.7. The van der Waals surface area contributed by atoms with Gasteiger partial charge in [-0.25, -0.2) is 4.79 Å². The molecule has 5 N–H and O–H groups in total. The van der Waals surface area contributed by atoms with Crippen molar-refractivity contribution in [2.24, 2.45) is 39.2 Å². The number of morpholine rings is 1. The summed E-state index contributed by atoms with van der Waals surface area (Å²) < 4.78 is 5.98. The Kier molecular flexibility index (Phi) is 8.82. The number of rotatable bonds is 7. The number of Topliss-reactive ketones (excluding diaryl/α,β-unsaturated/α-hetero) is 1. The fraction of sp³-hybridized carbons (Fsp3) is 0.829. The van der Waals surface area contributed by atoms with E-state index in [1.165, 1.54) is 0 Å². The number of carbonyl (C=O) groups excluding carboxylic acids is 5. The van der Waals surface area contributed by atoms with Gasteiger partial charge in [-0.05, 0) is 97.9 Å². The minimum atomic E-state index is -0.959. The number of nitrogens with one attached hydrogen (secondary N) is 3. The molecule has 53 heavy (non-hydrogen) atoms. The van der Waals surface area contributed by atoms with Crippen molar-refractivity contribution in [1.82, 2.24) is 25.8 Å². The summed E-state index contributed by atoms with van der Waals surface area (Å²) in [6.07, 6.45) is 13.0. The number of likely N-dealkylation sites (tertiary alicyclic amines) is 1. The third-order valence-electron chi connectivity index (χ3n) is 15.8. The van der Waals surface area contributed by atoms with E-state index in [-0.39, 0.29) is 57.2 Å². The van der Waals surface area contributed by atoms with Gasteiger partial charge in [-0.1, -0.05) is 60.3 Å². The number of fused-ring (bicyclic) bond motifs is 2. The van der Waals surface area contributed by atoms with E-state index in [0.29, 0.717) is 44.8 Å². The lowest BCUT2D eigenvalue weighted by atomic mass is 9.69. The van der Waals surface area contributed by atoms with Crippen molar-refractivity contribution in [2.45, 2.75) is 154 Å². The SMILES string of the molecule is CC(C)(C)C(NC(=O)N[C@H](C(=O)N1CCOC2(CC2)C1)C1CCCCC1)C(=O)N1C[C@]2(C[C@H]1C(=O)NC1CC3CCC3=C(N)C1=O)C(C)(C)C21CCC1. The van der Waals surface area contributed by atoms with E-state index in [9.17, 15) is 24.0 Å². The van der Waals surface area contributed by atoms with E-state index in [1.54, 1.807) is 4.90 Å². The summed E-state index contributed by atoms with van der Waals surface area (Å²) in [6.45, 7) is 12.3. The smallest absolute Gasteiger partial charge is 0.316 e. The molecule has 0 bridgehead atoms. The first-order valence-corrected chi connectivity index (χ1v) is 20.7. The summed E-state index contributed by atoms with van der Waals surface area (Å²) in [6, 6.07) is -3.66. The van der Waals surface area contributed by atoms with Crippen LogP contribution in [0.5, 0.6) is 0 Å². The summed E-state index contributed by atoms with van der Waals surface area (Å²) in [5.74, 6) is -0.672. The lowest BCUT2D eigenvalue weighted by molar-refractivity contribution is -0.144. The van der Waals surface area contributed by atoms with Gasteiger partial charge in [0.25, 0.3) is 0 Å². The maximum atomic E-state index is 15.0. The Balaban J connectivity index is 1.02. The van der Waals surface area contributed by atoms with Gasteiger partial charge < -0.3 is 36.2 Å². The Morgan fingerprint density at radius 1 is 0.906 bits per heavy atom. The molecule has 6 aliphatic carbocycles. The maximum Gasteiger partial charge on any atom is 0.316 e. The average Bonchev–Trinajstić information content (AvgIpc) is 3.83. The first kappa shape index (κ1) is 36.8. The van der Waals surface area contributed by atoms with E-state index in [4.69, 9.17) is 10.5 Å². The third kappa shape index (κ3) is 5.81. The van der Waals surface area contributed by atoms with Crippen molar-refractivity contribution >= 4 is 29.5 Å². The minimum Gasteiger partial charge on any atom is -0.396 e. The van der Waals surface area contributed by atoms with E-state index in [0.717, 1.165) is 82.6 Å². The van der Waals surface area contributed by atoms with Gasteiger partial charge in [-0.2, -0.15) is 0 Å². The summed E-state index contributed by atoms with van der Waals surface area (Å²) in [5.41, 5.74) is 6.43. The van der Waals surface area contributed by atoms with Crippen molar-refractivity contribution in [3.8, 4) is 0 Å². The van der Waals surface area contributed by atoms with Crippen molar-refractivity contribution in [3.63, 3.8) is 0 Å². The zero-order valence-electron chi connectivity index (χ0n) is 32.6. The van der Waals surface area contributed by atoms with Crippen LogP contribution in [0.25, 0.3) is 0 Å². The van der Waals surface area contributed by atoms with Crippen molar-refractivity contribution in [1.29, 1.82) is 0 Å². The molecule has 0 aromatic carbocycles. The van der Waals surface area contributed by atoms with Gasteiger partial charge in [0, 0.05) is 25.0 Å². The molecule has 3 spiro atoms. The van der Waals surface area contributed by atoms with E-state index < -0.39 is 35.6 Å². The monoisotopic (exact) mass is 734 g/mol.